The molecule has 0 atom stereocenters. The van der Waals surface area contributed by atoms with Crippen molar-refractivity contribution in [3.8, 4) is 11.1 Å². The van der Waals surface area contributed by atoms with E-state index in [9.17, 15) is 24.6 Å². The number of hydrogen-bond donors (Lipinski definition) is 2. The van der Waals surface area contributed by atoms with Gasteiger partial charge in [-0.05, 0) is 131 Å². The molecule has 0 spiro atoms. The van der Waals surface area contributed by atoms with Crippen molar-refractivity contribution >= 4 is 17.7 Å². The molecule has 202 valence electrons. The summed E-state index contributed by atoms with van der Waals surface area (Å²) in [6.07, 6.45) is 10.2. The lowest BCUT2D eigenvalue weighted by atomic mass is 9.87. The fraction of sp³-hybridized carbons (Fsp3) is 0.516. The molecule has 0 bridgehead atoms. The number of carbonyl (C=O) groups is 3. The van der Waals surface area contributed by atoms with Gasteiger partial charge in [-0.1, -0.05) is 18.9 Å². The van der Waals surface area contributed by atoms with Gasteiger partial charge in [0.25, 0.3) is 0 Å². The Bertz CT molecular complexity index is 1230. The molecular formula is C31H38N2O5. The third kappa shape index (κ3) is 5.54. The molecule has 2 aromatic rings. The zero-order valence-corrected chi connectivity index (χ0v) is 22.1. The van der Waals surface area contributed by atoms with Crippen molar-refractivity contribution in [3.63, 3.8) is 0 Å². The van der Waals surface area contributed by atoms with Gasteiger partial charge >= 0.3 is 11.9 Å². The van der Waals surface area contributed by atoms with Gasteiger partial charge in [-0.3, -0.25) is 4.79 Å². The van der Waals surface area contributed by atoms with Gasteiger partial charge in [0.05, 0.1) is 11.1 Å². The summed E-state index contributed by atoms with van der Waals surface area (Å²) in [5.41, 5.74) is 4.03. The predicted octanol–water partition coefficient (Wildman–Crippen LogP) is 5.13. The van der Waals surface area contributed by atoms with Gasteiger partial charge < -0.3 is 20.0 Å². The maximum atomic E-state index is 13.7. The summed E-state index contributed by atoms with van der Waals surface area (Å²) in [4.78, 5) is 42.8. The van der Waals surface area contributed by atoms with E-state index in [2.05, 4.69) is 9.80 Å². The Morgan fingerprint density at radius 2 is 1.32 bits per heavy atom. The second-order valence-electron chi connectivity index (χ2n) is 11.0. The molecule has 5 rings (SSSR count). The van der Waals surface area contributed by atoms with Crippen LogP contribution in [0, 0.1) is 0 Å². The molecule has 2 aromatic carbocycles. The van der Waals surface area contributed by atoms with E-state index in [0.717, 1.165) is 63.2 Å². The van der Waals surface area contributed by atoms with E-state index in [4.69, 9.17) is 0 Å². The Kier molecular flexibility index (Phi) is 8.24. The van der Waals surface area contributed by atoms with Gasteiger partial charge in [0, 0.05) is 11.1 Å². The fourth-order valence-corrected chi connectivity index (χ4v) is 6.56. The normalized spacial score (nSPS) is 17.8. The third-order valence-electron chi connectivity index (χ3n) is 8.47. The number of rotatable bonds is 10. The van der Waals surface area contributed by atoms with Crippen molar-refractivity contribution in [3.05, 3.63) is 57.6 Å². The van der Waals surface area contributed by atoms with E-state index in [0.29, 0.717) is 35.1 Å². The lowest BCUT2D eigenvalue weighted by molar-refractivity contribution is 0.0684. The number of benzene rings is 2. The first-order chi connectivity index (χ1) is 18.4. The Labute approximate surface area is 224 Å². The van der Waals surface area contributed by atoms with Gasteiger partial charge in [0.15, 0.2) is 5.78 Å². The molecule has 2 N–H and O–H groups in total. The van der Waals surface area contributed by atoms with Crippen LogP contribution in [-0.2, 0) is 12.8 Å². The summed E-state index contributed by atoms with van der Waals surface area (Å²) >= 11 is 0. The van der Waals surface area contributed by atoms with Crippen molar-refractivity contribution in [2.24, 2.45) is 0 Å². The first-order valence-electron chi connectivity index (χ1n) is 14.2. The smallest absolute Gasteiger partial charge is 0.336 e. The molecule has 2 fully saturated rings. The number of carboxylic acid groups (broad SMARTS) is 2. The highest BCUT2D eigenvalue weighted by molar-refractivity contribution is 6.24. The van der Waals surface area contributed by atoms with Crippen LogP contribution < -0.4 is 0 Å². The van der Waals surface area contributed by atoms with Crippen LogP contribution in [0.1, 0.15) is 99.1 Å². The van der Waals surface area contributed by atoms with Crippen LogP contribution >= 0.6 is 0 Å². The molecule has 2 heterocycles. The predicted molar refractivity (Wildman–Crippen MR) is 146 cm³/mol. The molecule has 0 saturated carbocycles. The maximum Gasteiger partial charge on any atom is 0.336 e. The van der Waals surface area contributed by atoms with E-state index in [1.807, 2.05) is 6.07 Å². The summed E-state index contributed by atoms with van der Waals surface area (Å²) in [7, 11) is 0. The highest BCUT2D eigenvalue weighted by atomic mass is 16.4. The minimum Gasteiger partial charge on any atom is -0.478 e. The molecule has 0 unspecified atom stereocenters. The number of hydrogen-bond acceptors (Lipinski definition) is 5. The van der Waals surface area contributed by atoms with Gasteiger partial charge in [-0.15, -0.1) is 0 Å². The minimum absolute atomic E-state index is 0.0665. The summed E-state index contributed by atoms with van der Waals surface area (Å²) in [5.74, 6) is -2.32. The topological polar surface area (TPSA) is 98.2 Å². The Morgan fingerprint density at radius 1 is 0.711 bits per heavy atom. The zero-order valence-electron chi connectivity index (χ0n) is 22.1. The summed E-state index contributed by atoms with van der Waals surface area (Å²) in [6.45, 7) is 6.18. The number of ketones is 1. The van der Waals surface area contributed by atoms with Gasteiger partial charge in [0.1, 0.15) is 0 Å². The second-order valence-corrected chi connectivity index (χ2v) is 11.0. The molecular weight excluding hydrogens is 480 g/mol. The van der Waals surface area contributed by atoms with Crippen molar-refractivity contribution in [1.82, 2.24) is 9.80 Å². The first kappa shape index (κ1) is 26.6. The lowest BCUT2D eigenvalue weighted by Gasteiger charge is -2.27. The third-order valence-corrected chi connectivity index (χ3v) is 8.47. The molecule has 0 amide bonds. The average Bonchev–Trinajstić information content (AvgIpc) is 3.20. The molecule has 0 radical (unpaired) electrons. The number of aryl methyl sites for hydroxylation is 1. The molecule has 3 aliphatic rings. The van der Waals surface area contributed by atoms with E-state index >= 15 is 0 Å². The molecule has 0 aromatic heterocycles. The Balaban J connectivity index is 1.48. The van der Waals surface area contributed by atoms with Crippen LogP contribution in [0.25, 0.3) is 11.1 Å². The van der Waals surface area contributed by atoms with E-state index < -0.39 is 11.9 Å². The largest absolute Gasteiger partial charge is 0.478 e. The van der Waals surface area contributed by atoms with Crippen LogP contribution in [0.15, 0.2) is 24.3 Å². The quantitative estimate of drug-likeness (QED) is 0.384. The van der Waals surface area contributed by atoms with Crippen molar-refractivity contribution in [2.45, 2.75) is 64.2 Å². The fourth-order valence-electron chi connectivity index (χ4n) is 6.56. The van der Waals surface area contributed by atoms with Crippen molar-refractivity contribution in [1.29, 1.82) is 0 Å². The van der Waals surface area contributed by atoms with Crippen LogP contribution in [-0.4, -0.2) is 77.0 Å². The zero-order chi connectivity index (χ0) is 26.6. The molecule has 7 heteroatoms. The number of carboxylic acids is 2. The molecule has 38 heavy (non-hydrogen) atoms. The number of nitrogens with zero attached hydrogens (tertiary/aromatic N) is 2. The highest BCUT2D eigenvalue weighted by Crippen LogP contribution is 2.42. The number of aromatic carboxylic acids is 2. The van der Waals surface area contributed by atoms with E-state index in [1.54, 1.807) is 6.07 Å². The summed E-state index contributed by atoms with van der Waals surface area (Å²) in [5, 5.41) is 19.9. The number of piperidine rings is 2. The summed E-state index contributed by atoms with van der Waals surface area (Å²) in [6, 6.07) is 6.57. The van der Waals surface area contributed by atoms with Crippen molar-refractivity contribution in [2.75, 3.05) is 39.3 Å². The Hall–Kier alpha value is -3.03. The van der Waals surface area contributed by atoms with Gasteiger partial charge in [-0.25, -0.2) is 9.59 Å². The second kappa shape index (κ2) is 11.8. The Morgan fingerprint density at radius 3 is 1.89 bits per heavy atom. The van der Waals surface area contributed by atoms with Crippen LogP contribution in [0.2, 0.25) is 0 Å². The molecule has 2 saturated heterocycles. The maximum absolute atomic E-state index is 13.7. The van der Waals surface area contributed by atoms with Gasteiger partial charge in [-0.2, -0.15) is 0 Å². The monoisotopic (exact) mass is 518 g/mol. The van der Waals surface area contributed by atoms with Gasteiger partial charge in [0.2, 0.25) is 0 Å². The van der Waals surface area contributed by atoms with Crippen LogP contribution in [0.3, 0.4) is 0 Å². The summed E-state index contributed by atoms with van der Waals surface area (Å²) < 4.78 is 0. The van der Waals surface area contributed by atoms with Crippen molar-refractivity contribution < 1.29 is 24.6 Å². The number of likely N-dealkylation sites (tertiary alicyclic amines) is 2. The molecule has 2 aliphatic heterocycles. The van der Waals surface area contributed by atoms with Crippen LogP contribution in [0.4, 0.5) is 0 Å². The van der Waals surface area contributed by atoms with E-state index in [1.165, 1.54) is 50.7 Å². The minimum atomic E-state index is -1.08. The lowest BCUT2D eigenvalue weighted by Crippen LogP contribution is -2.31. The number of carbonyl (C=O) groups excluding carboxylic acids is 1. The SMILES string of the molecule is O=C(O)c1ccc2c(c1)C(=O)c1c-2cc(CCCN2CCCCC2)c(C(=O)O)c1CCCN1CCCCC1. The average molecular weight is 519 g/mol. The highest BCUT2D eigenvalue weighted by Gasteiger charge is 2.34. The standard InChI is InChI=1S/C31H38N2O5/c34-29-26-20-22(30(35)36)11-12-23(26)25-19-21(9-7-17-32-13-3-1-4-14-32)27(31(37)38)24(28(25)29)10-8-18-33-15-5-2-6-16-33/h11-12,19-20H,1-10,13-18H2,(H,35,36)(H,37,38). The van der Waals surface area contributed by atoms with E-state index in [-0.39, 0.29) is 16.9 Å². The molecule has 1 aliphatic carbocycles. The first-order valence-corrected chi connectivity index (χ1v) is 14.2. The van der Waals surface area contributed by atoms with Crippen LogP contribution in [0.5, 0.6) is 0 Å². The number of fused-ring (bicyclic) bond motifs is 3. The molecule has 7 nitrogen and oxygen atoms in total.